The van der Waals surface area contributed by atoms with Crippen molar-refractivity contribution >= 4 is 0 Å². The second-order valence-electron chi connectivity index (χ2n) is 5.62. The highest BCUT2D eigenvalue weighted by molar-refractivity contribution is 4.91. The fourth-order valence-electron chi connectivity index (χ4n) is 2.51. The summed E-state index contributed by atoms with van der Waals surface area (Å²) in [4.78, 5) is 0. The number of hydrogen-bond donors (Lipinski definition) is 8. The molecule has 2 aliphatic rings. The predicted octanol–water partition coefficient (Wildman–Crippen LogP) is -5.43. The largest absolute Gasteiger partial charge is 0.388 e. The van der Waals surface area contributed by atoms with E-state index in [0.717, 1.165) is 0 Å². The lowest BCUT2D eigenvalue weighted by Gasteiger charge is -2.42. The van der Waals surface area contributed by atoms with Gasteiger partial charge in [-0.3, -0.25) is 0 Å². The van der Waals surface area contributed by atoms with Crippen LogP contribution in [0.25, 0.3) is 0 Å². The van der Waals surface area contributed by atoms with Gasteiger partial charge in [0.2, 0.25) is 0 Å². The molecule has 2 rings (SSSR count). The highest BCUT2D eigenvalue weighted by atomic mass is 16.7. The van der Waals surface area contributed by atoms with Crippen LogP contribution in [-0.4, -0.2) is 110 Å². The summed E-state index contributed by atoms with van der Waals surface area (Å²) in [6.45, 7) is -0.555. The SMILES string of the molecule is NC[C@H]1O[C@@H](OC[C@H]2O[C@H](O)[C@H](O)[C@@H](O)[C@@H]2O)[C@H](O)[C@@H](O)[C@@H]1O. The molecule has 11 nitrogen and oxygen atoms in total. The molecule has 2 aliphatic heterocycles. The Balaban J connectivity index is 1.94. The van der Waals surface area contributed by atoms with Crippen LogP contribution in [0.15, 0.2) is 0 Å². The van der Waals surface area contributed by atoms with Gasteiger partial charge in [0.1, 0.15) is 48.8 Å². The van der Waals surface area contributed by atoms with Gasteiger partial charge in [0, 0.05) is 6.54 Å². The Morgan fingerprint density at radius 2 is 1.26 bits per heavy atom. The van der Waals surface area contributed by atoms with E-state index >= 15 is 0 Å². The summed E-state index contributed by atoms with van der Waals surface area (Å²) in [5, 5.41) is 67.3. The molecule has 0 amide bonds. The minimum Gasteiger partial charge on any atom is -0.388 e. The van der Waals surface area contributed by atoms with E-state index in [-0.39, 0.29) is 6.54 Å². The summed E-state index contributed by atoms with van der Waals surface area (Å²) >= 11 is 0. The molecule has 0 bridgehead atoms. The molecule has 11 heteroatoms. The maximum Gasteiger partial charge on any atom is 0.186 e. The van der Waals surface area contributed by atoms with E-state index in [1.807, 2.05) is 0 Å². The molecule has 0 radical (unpaired) electrons. The van der Waals surface area contributed by atoms with E-state index in [1.165, 1.54) is 0 Å². The molecule has 10 atom stereocenters. The van der Waals surface area contributed by atoms with Crippen LogP contribution in [0.4, 0.5) is 0 Å². The molecule has 0 aromatic rings. The minimum atomic E-state index is -1.72. The van der Waals surface area contributed by atoms with Gasteiger partial charge in [-0.1, -0.05) is 0 Å². The van der Waals surface area contributed by atoms with Gasteiger partial charge in [-0.2, -0.15) is 0 Å². The maximum absolute atomic E-state index is 9.82. The van der Waals surface area contributed by atoms with Crippen LogP contribution in [0, 0.1) is 0 Å². The minimum absolute atomic E-state index is 0.128. The summed E-state index contributed by atoms with van der Waals surface area (Å²) in [6.07, 6.45) is -14.6. The first-order chi connectivity index (χ1) is 10.8. The van der Waals surface area contributed by atoms with Crippen LogP contribution in [0.1, 0.15) is 0 Å². The number of hydrogen-bond acceptors (Lipinski definition) is 11. The van der Waals surface area contributed by atoms with Crippen molar-refractivity contribution in [3.05, 3.63) is 0 Å². The third-order valence-electron chi connectivity index (χ3n) is 4.01. The second-order valence-corrected chi connectivity index (χ2v) is 5.62. The average Bonchev–Trinajstić information content (AvgIpc) is 2.54. The van der Waals surface area contributed by atoms with Gasteiger partial charge in [0.15, 0.2) is 12.6 Å². The Kier molecular flexibility index (Phi) is 6.27. The first kappa shape index (κ1) is 18.9. The Labute approximate surface area is 131 Å². The first-order valence-corrected chi connectivity index (χ1v) is 7.17. The van der Waals surface area contributed by atoms with Gasteiger partial charge in [0.05, 0.1) is 6.61 Å². The highest BCUT2D eigenvalue weighted by Gasteiger charge is 2.46. The fourth-order valence-corrected chi connectivity index (χ4v) is 2.51. The Morgan fingerprint density at radius 1 is 0.696 bits per heavy atom. The lowest BCUT2D eigenvalue weighted by Crippen LogP contribution is -2.61. The maximum atomic E-state index is 9.82. The van der Waals surface area contributed by atoms with E-state index in [0.29, 0.717) is 0 Å². The molecule has 0 aromatic heterocycles. The average molecular weight is 341 g/mol. The van der Waals surface area contributed by atoms with Gasteiger partial charge < -0.3 is 55.7 Å². The number of aliphatic hydroxyl groups is 7. The molecule has 9 N–H and O–H groups in total. The summed E-state index contributed by atoms with van der Waals surface area (Å²) in [7, 11) is 0. The topological polar surface area (TPSA) is 195 Å². The zero-order valence-corrected chi connectivity index (χ0v) is 12.1. The van der Waals surface area contributed by atoms with E-state index in [2.05, 4.69) is 0 Å². The van der Waals surface area contributed by atoms with Gasteiger partial charge in [-0.05, 0) is 0 Å². The van der Waals surface area contributed by atoms with Crippen LogP contribution < -0.4 is 5.73 Å². The van der Waals surface area contributed by atoms with Crippen molar-refractivity contribution in [2.24, 2.45) is 5.73 Å². The molecule has 2 fully saturated rings. The van der Waals surface area contributed by atoms with Crippen LogP contribution in [0.5, 0.6) is 0 Å². The van der Waals surface area contributed by atoms with Gasteiger partial charge in [0.25, 0.3) is 0 Å². The van der Waals surface area contributed by atoms with Crippen molar-refractivity contribution in [1.29, 1.82) is 0 Å². The quantitative estimate of drug-likeness (QED) is 0.243. The molecule has 0 aromatic carbocycles. The molecule has 0 aliphatic carbocycles. The van der Waals surface area contributed by atoms with Crippen molar-refractivity contribution in [3.63, 3.8) is 0 Å². The zero-order valence-electron chi connectivity index (χ0n) is 12.1. The molecule has 0 saturated carbocycles. The lowest BCUT2D eigenvalue weighted by molar-refractivity contribution is -0.322. The molecule has 23 heavy (non-hydrogen) atoms. The van der Waals surface area contributed by atoms with E-state index in [9.17, 15) is 35.7 Å². The van der Waals surface area contributed by atoms with Gasteiger partial charge in [-0.25, -0.2) is 0 Å². The van der Waals surface area contributed by atoms with E-state index in [4.69, 9.17) is 19.9 Å². The van der Waals surface area contributed by atoms with Crippen molar-refractivity contribution in [2.75, 3.05) is 13.2 Å². The predicted molar refractivity (Wildman–Crippen MR) is 70.6 cm³/mol. The standard InChI is InChI=1S/C12H23NO10/c13-1-3-5(14)8(17)10(19)12(23-3)21-2-4-6(15)7(16)9(18)11(20)22-4/h3-12,14-20H,1-2,13H2/t3-,4-,5-,6-,7+,8+,9-,10-,11+,12-/m1/s1. The molecule has 136 valence electrons. The van der Waals surface area contributed by atoms with Crippen molar-refractivity contribution < 1.29 is 50.0 Å². The van der Waals surface area contributed by atoms with Crippen molar-refractivity contribution in [1.82, 2.24) is 0 Å². The first-order valence-electron chi connectivity index (χ1n) is 7.17. The summed E-state index contributed by atoms with van der Waals surface area (Å²) < 4.78 is 15.3. The highest BCUT2D eigenvalue weighted by Crippen LogP contribution is 2.24. The normalized spacial score (nSPS) is 51.7. The second kappa shape index (κ2) is 7.63. The monoisotopic (exact) mass is 341 g/mol. The smallest absolute Gasteiger partial charge is 0.186 e. The van der Waals surface area contributed by atoms with Crippen LogP contribution in [0.2, 0.25) is 0 Å². The zero-order chi connectivity index (χ0) is 17.3. The number of ether oxygens (including phenoxy) is 3. The summed E-state index contributed by atoms with van der Waals surface area (Å²) in [6, 6.07) is 0. The third kappa shape index (κ3) is 3.81. The lowest BCUT2D eigenvalue weighted by atomic mass is 9.98. The van der Waals surface area contributed by atoms with Crippen molar-refractivity contribution in [3.8, 4) is 0 Å². The number of rotatable bonds is 4. The molecule has 0 unspecified atom stereocenters. The molecule has 2 saturated heterocycles. The van der Waals surface area contributed by atoms with Crippen molar-refractivity contribution in [2.45, 2.75) is 61.4 Å². The summed E-state index contributed by atoms with van der Waals surface area (Å²) in [5.74, 6) is 0. The number of aliphatic hydroxyl groups excluding tert-OH is 7. The molecular formula is C12H23NO10. The molecule has 2 heterocycles. The van der Waals surface area contributed by atoms with Crippen LogP contribution in [0.3, 0.4) is 0 Å². The molecular weight excluding hydrogens is 318 g/mol. The van der Waals surface area contributed by atoms with Gasteiger partial charge in [-0.15, -0.1) is 0 Å². The van der Waals surface area contributed by atoms with Crippen LogP contribution in [-0.2, 0) is 14.2 Å². The fraction of sp³-hybridized carbons (Fsp3) is 1.00. The Bertz CT molecular complexity index is 385. The Hall–Kier alpha value is -0.440. The molecule has 0 spiro atoms. The van der Waals surface area contributed by atoms with Gasteiger partial charge >= 0.3 is 0 Å². The van der Waals surface area contributed by atoms with E-state index in [1.54, 1.807) is 0 Å². The summed E-state index contributed by atoms with van der Waals surface area (Å²) in [5.41, 5.74) is 5.38. The Morgan fingerprint density at radius 3 is 1.87 bits per heavy atom. The third-order valence-corrected chi connectivity index (χ3v) is 4.01. The van der Waals surface area contributed by atoms with Crippen LogP contribution >= 0.6 is 0 Å². The number of nitrogens with two attached hydrogens (primary N) is 1. The van der Waals surface area contributed by atoms with E-state index < -0.39 is 68.0 Å².